The van der Waals surface area contributed by atoms with E-state index in [0.29, 0.717) is 11.4 Å². The monoisotopic (exact) mass is 785 g/mol. The van der Waals surface area contributed by atoms with Gasteiger partial charge in [0.05, 0.1) is 40.9 Å². The van der Waals surface area contributed by atoms with Crippen LogP contribution in [0.2, 0.25) is 0 Å². The fourth-order valence-electron chi connectivity index (χ4n) is 8.92. The molecule has 0 bridgehead atoms. The normalized spacial score (nSPS) is 13.7. The van der Waals surface area contributed by atoms with Gasteiger partial charge >= 0.3 is 0 Å². The Hall–Kier alpha value is -7.06. The first-order chi connectivity index (χ1) is 29.4. The van der Waals surface area contributed by atoms with E-state index in [-0.39, 0.29) is 28.9 Å². The van der Waals surface area contributed by atoms with E-state index in [9.17, 15) is 14.4 Å². The van der Waals surface area contributed by atoms with Gasteiger partial charge in [0.15, 0.2) is 5.78 Å². The summed E-state index contributed by atoms with van der Waals surface area (Å²) < 4.78 is 0. The maximum atomic E-state index is 13.9. The Bertz CT molecular complexity index is 2490. The predicted octanol–water partition coefficient (Wildman–Crippen LogP) is 10.3. The zero-order valence-corrected chi connectivity index (χ0v) is 33.3. The Balaban J connectivity index is 0.888. The van der Waals surface area contributed by atoms with Crippen LogP contribution in [0.4, 0.5) is 11.4 Å². The maximum absolute atomic E-state index is 13.9. The molecule has 294 valence electrons. The molecule has 3 aliphatic rings. The molecule has 0 spiro atoms. The SMILES string of the molecule is O=C(Cc1ccc(-c2ccc3c(c2)CCC3)nc1)c1cc(C(=O)Nc2ccc(-c3ccc4c(c3)CCC4)nc2)cc(C(=O)Nc2ccc(-c3ccc4c(c3)CCC4)nc2)c1. The van der Waals surface area contributed by atoms with Crippen LogP contribution in [0.3, 0.4) is 0 Å². The van der Waals surface area contributed by atoms with Crippen molar-refractivity contribution in [1.29, 1.82) is 0 Å². The van der Waals surface area contributed by atoms with Crippen LogP contribution < -0.4 is 10.6 Å². The Morgan fingerprint density at radius 3 is 1.22 bits per heavy atom. The second kappa shape index (κ2) is 15.9. The number of amides is 2. The number of carbonyl (C=O) groups excluding carboxylic acids is 3. The third-order valence-electron chi connectivity index (χ3n) is 12.2. The largest absolute Gasteiger partial charge is 0.321 e. The van der Waals surface area contributed by atoms with Gasteiger partial charge in [0.1, 0.15) is 0 Å². The van der Waals surface area contributed by atoms with Gasteiger partial charge in [-0.2, -0.15) is 0 Å². The Labute approximate surface area is 349 Å². The summed E-state index contributed by atoms with van der Waals surface area (Å²) in [4.78, 5) is 55.6. The minimum Gasteiger partial charge on any atom is -0.321 e. The number of aromatic nitrogens is 3. The van der Waals surface area contributed by atoms with Crippen molar-refractivity contribution in [2.75, 3.05) is 10.6 Å². The van der Waals surface area contributed by atoms with E-state index >= 15 is 0 Å². The van der Waals surface area contributed by atoms with Gasteiger partial charge in [0.2, 0.25) is 0 Å². The first kappa shape index (κ1) is 37.2. The molecule has 2 amide bonds. The first-order valence-corrected chi connectivity index (χ1v) is 20.9. The molecule has 0 atom stereocenters. The van der Waals surface area contributed by atoms with Gasteiger partial charge in [-0.15, -0.1) is 0 Å². The van der Waals surface area contributed by atoms with Gasteiger partial charge in [-0.05, 0) is 163 Å². The van der Waals surface area contributed by atoms with Crippen LogP contribution in [-0.2, 0) is 44.9 Å². The molecule has 0 fully saturated rings. The van der Waals surface area contributed by atoms with Crippen molar-refractivity contribution in [2.24, 2.45) is 0 Å². The lowest BCUT2D eigenvalue weighted by Gasteiger charge is -2.12. The summed E-state index contributed by atoms with van der Waals surface area (Å²) in [6.45, 7) is 0. The number of hydrogen-bond donors (Lipinski definition) is 2. The van der Waals surface area contributed by atoms with Crippen LogP contribution in [0, 0.1) is 0 Å². The van der Waals surface area contributed by atoms with Crippen molar-refractivity contribution in [3.05, 3.63) is 183 Å². The number of fused-ring (bicyclic) bond motifs is 3. The first-order valence-electron chi connectivity index (χ1n) is 20.9. The molecule has 60 heavy (non-hydrogen) atoms. The summed E-state index contributed by atoms with van der Waals surface area (Å²) in [5.41, 5.74) is 16.3. The molecule has 2 N–H and O–H groups in total. The molecule has 0 saturated heterocycles. The van der Waals surface area contributed by atoms with Crippen molar-refractivity contribution < 1.29 is 14.4 Å². The summed E-state index contributed by atoms with van der Waals surface area (Å²) in [6.07, 6.45) is 15.2. The van der Waals surface area contributed by atoms with Crippen LogP contribution in [0.15, 0.2) is 128 Å². The number of benzene rings is 4. The van der Waals surface area contributed by atoms with E-state index in [1.165, 1.54) is 58.7 Å². The van der Waals surface area contributed by atoms with Crippen molar-refractivity contribution in [3.63, 3.8) is 0 Å². The van der Waals surface area contributed by atoms with Gasteiger partial charge in [-0.25, -0.2) is 0 Å². The number of hydrogen-bond acceptors (Lipinski definition) is 6. The fourth-order valence-corrected chi connectivity index (χ4v) is 8.92. The zero-order chi connectivity index (χ0) is 40.6. The zero-order valence-electron chi connectivity index (χ0n) is 33.3. The number of anilines is 2. The maximum Gasteiger partial charge on any atom is 0.255 e. The summed E-state index contributed by atoms with van der Waals surface area (Å²) in [5.74, 6) is -1.18. The highest BCUT2D eigenvalue weighted by molar-refractivity contribution is 6.11. The van der Waals surface area contributed by atoms with E-state index in [0.717, 1.165) is 77.9 Å². The van der Waals surface area contributed by atoms with Crippen LogP contribution in [0.1, 0.15) is 89.3 Å². The number of rotatable bonds is 10. The highest BCUT2D eigenvalue weighted by Gasteiger charge is 2.20. The Morgan fingerprint density at radius 2 is 0.817 bits per heavy atom. The number of nitrogens with zero attached hydrogens (tertiary/aromatic N) is 3. The average molecular weight is 786 g/mol. The number of nitrogens with one attached hydrogen (secondary N) is 2. The summed E-state index contributed by atoms with van der Waals surface area (Å²) in [5, 5.41) is 5.84. The van der Waals surface area contributed by atoms with Gasteiger partial charge in [-0.3, -0.25) is 29.3 Å². The number of carbonyl (C=O) groups is 3. The molecule has 0 saturated carbocycles. The number of aryl methyl sites for hydroxylation is 6. The van der Waals surface area contributed by atoms with E-state index in [4.69, 9.17) is 4.98 Å². The molecule has 0 radical (unpaired) electrons. The van der Waals surface area contributed by atoms with Crippen molar-refractivity contribution >= 4 is 29.0 Å². The lowest BCUT2D eigenvalue weighted by atomic mass is 9.98. The summed E-state index contributed by atoms with van der Waals surface area (Å²) in [6, 6.07) is 35.3. The van der Waals surface area contributed by atoms with Crippen molar-refractivity contribution in [3.8, 4) is 33.8 Å². The van der Waals surface area contributed by atoms with Gasteiger partial charge in [0.25, 0.3) is 11.8 Å². The van der Waals surface area contributed by atoms with Crippen LogP contribution >= 0.6 is 0 Å². The van der Waals surface area contributed by atoms with E-state index in [2.05, 4.69) is 75.2 Å². The molecule has 0 aliphatic heterocycles. The topological polar surface area (TPSA) is 114 Å². The second-order valence-corrected chi connectivity index (χ2v) is 16.2. The highest BCUT2D eigenvalue weighted by atomic mass is 16.2. The van der Waals surface area contributed by atoms with Crippen LogP contribution in [0.5, 0.6) is 0 Å². The molecular formula is C52H43N5O3. The number of ketones is 1. The smallest absolute Gasteiger partial charge is 0.255 e. The van der Waals surface area contributed by atoms with E-state index < -0.39 is 11.8 Å². The van der Waals surface area contributed by atoms with Crippen molar-refractivity contribution in [2.45, 2.75) is 64.2 Å². The standard InChI is InChI=1S/C52H43N5O3/c58-50(22-32-10-19-47(53-29-32)39-14-11-33-4-1-7-36(33)23-39)42-26-43(51(59)56-45-17-20-48(54-30-45)40-15-12-34-5-2-8-37(34)24-40)28-44(27-42)52(60)57-46-18-21-49(55-31-46)41-16-13-35-6-3-9-38(35)25-41/h10-21,23-31H,1-9,22H2,(H,56,59)(H,57,60). The van der Waals surface area contributed by atoms with Gasteiger partial charge < -0.3 is 10.6 Å². The Morgan fingerprint density at radius 1 is 0.417 bits per heavy atom. The molecule has 3 aromatic heterocycles. The van der Waals surface area contributed by atoms with E-state index in [1.54, 1.807) is 30.7 Å². The molecule has 0 unspecified atom stereocenters. The summed E-state index contributed by atoms with van der Waals surface area (Å²) in [7, 11) is 0. The minimum atomic E-state index is -0.466. The van der Waals surface area contributed by atoms with Gasteiger partial charge in [0, 0.05) is 46.0 Å². The van der Waals surface area contributed by atoms with Gasteiger partial charge in [-0.1, -0.05) is 42.5 Å². The molecule has 8 heteroatoms. The molecule has 3 heterocycles. The second-order valence-electron chi connectivity index (χ2n) is 16.2. The van der Waals surface area contributed by atoms with E-state index in [1.807, 2.05) is 36.4 Å². The number of Topliss-reactive ketones (excluding diaryl/α,β-unsaturated/α-hetero) is 1. The minimum absolute atomic E-state index is 0.0474. The molecule has 4 aromatic carbocycles. The number of pyridine rings is 3. The third kappa shape index (κ3) is 7.76. The summed E-state index contributed by atoms with van der Waals surface area (Å²) >= 11 is 0. The highest BCUT2D eigenvalue weighted by Crippen LogP contribution is 2.31. The van der Waals surface area contributed by atoms with Crippen LogP contribution in [0.25, 0.3) is 33.8 Å². The molecular weight excluding hydrogens is 743 g/mol. The molecule has 7 aromatic rings. The molecule has 10 rings (SSSR count). The van der Waals surface area contributed by atoms with Crippen LogP contribution in [-0.4, -0.2) is 32.5 Å². The average Bonchev–Trinajstić information content (AvgIpc) is 4.08. The predicted molar refractivity (Wildman–Crippen MR) is 235 cm³/mol. The molecule has 3 aliphatic carbocycles. The fraction of sp³-hybridized carbons (Fsp3) is 0.192. The molecule has 8 nitrogen and oxygen atoms in total. The Kier molecular flexibility index (Phi) is 9.89. The third-order valence-corrected chi connectivity index (χ3v) is 12.2. The lowest BCUT2D eigenvalue weighted by molar-refractivity contribution is 0.0992. The quantitative estimate of drug-likeness (QED) is 0.134. The lowest BCUT2D eigenvalue weighted by Crippen LogP contribution is -2.18. The van der Waals surface area contributed by atoms with Crippen molar-refractivity contribution in [1.82, 2.24) is 15.0 Å².